The van der Waals surface area contributed by atoms with Gasteiger partial charge in [-0.2, -0.15) is 0 Å². The minimum absolute atomic E-state index is 0.681. The first-order valence-electron chi connectivity index (χ1n) is 6.44. The number of likely N-dealkylation sites (N-methyl/N-ethyl adjacent to an activating group) is 1. The fourth-order valence-electron chi connectivity index (χ4n) is 1.71. The van der Waals surface area contributed by atoms with E-state index in [0.29, 0.717) is 6.61 Å². The van der Waals surface area contributed by atoms with E-state index >= 15 is 0 Å². The fourth-order valence-corrected chi connectivity index (χ4v) is 1.71. The van der Waals surface area contributed by atoms with Crippen molar-refractivity contribution < 1.29 is 4.74 Å². The van der Waals surface area contributed by atoms with Crippen molar-refractivity contribution in [2.75, 3.05) is 32.6 Å². The van der Waals surface area contributed by atoms with Gasteiger partial charge in [0.1, 0.15) is 12.4 Å². The minimum atomic E-state index is 0.681. The first-order chi connectivity index (χ1) is 9.25. The van der Waals surface area contributed by atoms with E-state index in [-0.39, 0.29) is 0 Å². The van der Waals surface area contributed by atoms with Crippen LogP contribution in [0, 0.1) is 0 Å². The number of nitrogens with one attached hydrogen (secondary N) is 1. The van der Waals surface area contributed by atoms with Crippen LogP contribution in [0.2, 0.25) is 0 Å². The second-order valence-electron chi connectivity index (χ2n) is 4.64. The highest BCUT2D eigenvalue weighted by molar-refractivity contribution is 5.65. The maximum absolute atomic E-state index is 5.82. The summed E-state index contributed by atoms with van der Waals surface area (Å²) in [6.07, 6.45) is 0. The van der Waals surface area contributed by atoms with Gasteiger partial charge in [0.25, 0.3) is 0 Å². The maximum Gasteiger partial charge on any atom is 0.142 e. The second-order valence-corrected chi connectivity index (χ2v) is 4.64. The molecule has 0 saturated heterocycles. The van der Waals surface area contributed by atoms with Gasteiger partial charge in [-0.25, -0.2) is 0 Å². The van der Waals surface area contributed by atoms with Crippen LogP contribution in [0.3, 0.4) is 0 Å². The van der Waals surface area contributed by atoms with Gasteiger partial charge in [0, 0.05) is 12.2 Å². The molecule has 3 nitrogen and oxygen atoms in total. The second kappa shape index (κ2) is 6.81. The van der Waals surface area contributed by atoms with E-state index < -0.39 is 0 Å². The highest BCUT2D eigenvalue weighted by atomic mass is 16.5. The van der Waals surface area contributed by atoms with E-state index in [0.717, 1.165) is 23.7 Å². The summed E-state index contributed by atoms with van der Waals surface area (Å²) < 4.78 is 5.82. The first kappa shape index (κ1) is 13.4. The summed E-state index contributed by atoms with van der Waals surface area (Å²) in [7, 11) is 4.08. The summed E-state index contributed by atoms with van der Waals surface area (Å²) in [6, 6.07) is 18.1. The molecule has 2 rings (SSSR count). The number of nitrogens with zero attached hydrogens (tertiary/aromatic N) is 1. The Kier molecular flexibility index (Phi) is 4.81. The lowest BCUT2D eigenvalue weighted by molar-refractivity contribution is 0.262. The van der Waals surface area contributed by atoms with Gasteiger partial charge in [-0.15, -0.1) is 0 Å². The van der Waals surface area contributed by atoms with E-state index in [4.69, 9.17) is 4.74 Å². The molecule has 2 aromatic carbocycles. The van der Waals surface area contributed by atoms with Crippen LogP contribution in [-0.4, -0.2) is 32.1 Å². The van der Waals surface area contributed by atoms with Crippen molar-refractivity contribution in [1.29, 1.82) is 0 Å². The number of hydrogen-bond donors (Lipinski definition) is 1. The number of benzene rings is 2. The third kappa shape index (κ3) is 4.30. The lowest BCUT2D eigenvalue weighted by Crippen LogP contribution is -2.19. The van der Waals surface area contributed by atoms with Gasteiger partial charge in [-0.05, 0) is 38.4 Å². The summed E-state index contributed by atoms with van der Waals surface area (Å²) in [4.78, 5) is 2.10. The summed E-state index contributed by atoms with van der Waals surface area (Å²) in [5.74, 6) is 0.883. The number of anilines is 2. The maximum atomic E-state index is 5.82. The molecule has 0 aliphatic rings. The van der Waals surface area contributed by atoms with Gasteiger partial charge in [-0.3, -0.25) is 0 Å². The smallest absolute Gasteiger partial charge is 0.142 e. The molecule has 0 atom stereocenters. The van der Waals surface area contributed by atoms with Gasteiger partial charge in [0.2, 0.25) is 0 Å². The van der Waals surface area contributed by atoms with Crippen LogP contribution in [0.4, 0.5) is 11.4 Å². The molecule has 0 spiro atoms. The van der Waals surface area contributed by atoms with Gasteiger partial charge >= 0.3 is 0 Å². The van der Waals surface area contributed by atoms with E-state index in [2.05, 4.69) is 10.2 Å². The molecule has 0 saturated carbocycles. The Labute approximate surface area is 114 Å². The molecular formula is C16H20N2O. The van der Waals surface area contributed by atoms with Crippen molar-refractivity contribution in [3.05, 3.63) is 54.6 Å². The van der Waals surface area contributed by atoms with E-state index in [1.165, 1.54) is 0 Å². The summed E-state index contributed by atoms with van der Waals surface area (Å²) in [5.41, 5.74) is 2.05. The molecule has 0 heterocycles. The molecule has 0 radical (unpaired) electrons. The zero-order valence-electron chi connectivity index (χ0n) is 11.5. The lowest BCUT2D eigenvalue weighted by Gasteiger charge is -2.15. The topological polar surface area (TPSA) is 24.5 Å². The van der Waals surface area contributed by atoms with Crippen LogP contribution in [0.25, 0.3) is 0 Å². The summed E-state index contributed by atoms with van der Waals surface area (Å²) in [5, 5.41) is 3.37. The molecule has 1 N–H and O–H groups in total. The summed E-state index contributed by atoms with van der Waals surface area (Å²) in [6.45, 7) is 1.58. The minimum Gasteiger partial charge on any atom is -0.490 e. The number of rotatable bonds is 6. The summed E-state index contributed by atoms with van der Waals surface area (Å²) >= 11 is 0. The molecule has 2 aromatic rings. The average Bonchev–Trinajstić information content (AvgIpc) is 2.41. The quantitative estimate of drug-likeness (QED) is 0.857. The van der Waals surface area contributed by atoms with Crippen LogP contribution in [-0.2, 0) is 0 Å². The highest BCUT2D eigenvalue weighted by Gasteiger charge is 2.03. The number of hydrogen-bond acceptors (Lipinski definition) is 3. The first-order valence-corrected chi connectivity index (χ1v) is 6.44. The van der Waals surface area contributed by atoms with Gasteiger partial charge in [0.05, 0.1) is 5.69 Å². The van der Waals surface area contributed by atoms with Crippen LogP contribution < -0.4 is 10.1 Å². The molecule has 0 fully saturated rings. The zero-order valence-corrected chi connectivity index (χ0v) is 11.5. The van der Waals surface area contributed by atoms with E-state index in [1.807, 2.05) is 68.7 Å². The molecule has 0 bridgehead atoms. The molecule has 0 aromatic heterocycles. The molecular weight excluding hydrogens is 236 g/mol. The Morgan fingerprint density at radius 2 is 1.63 bits per heavy atom. The van der Waals surface area contributed by atoms with Crippen LogP contribution in [0.5, 0.6) is 5.75 Å². The van der Waals surface area contributed by atoms with Gasteiger partial charge in [-0.1, -0.05) is 30.3 Å². The normalized spacial score (nSPS) is 10.5. The highest BCUT2D eigenvalue weighted by Crippen LogP contribution is 2.27. The van der Waals surface area contributed by atoms with Crippen molar-refractivity contribution in [2.24, 2.45) is 0 Å². The standard InChI is InChI=1S/C16H20N2O/c1-18(2)12-13-19-16-11-7-6-10-15(16)17-14-8-4-3-5-9-14/h3-11,17H,12-13H2,1-2H3. The third-order valence-electron chi connectivity index (χ3n) is 2.74. The van der Waals surface area contributed by atoms with Crippen LogP contribution in [0.15, 0.2) is 54.6 Å². The van der Waals surface area contributed by atoms with Crippen molar-refractivity contribution in [2.45, 2.75) is 0 Å². The average molecular weight is 256 g/mol. The SMILES string of the molecule is CN(C)CCOc1ccccc1Nc1ccccc1. The molecule has 0 aliphatic heterocycles. The monoisotopic (exact) mass is 256 g/mol. The molecule has 0 unspecified atom stereocenters. The molecule has 100 valence electrons. The Hall–Kier alpha value is -2.00. The van der Waals surface area contributed by atoms with E-state index in [1.54, 1.807) is 0 Å². The molecule has 3 heteroatoms. The zero-order chi connectivity index (χ0) is 13.5. The lowest BCUT2D eigenvalue weighted by atomic mass is 10.2. The van der Waals surface area contributed by atoms with Gasteiger partial charge < -0.3 is 15.0 Å². The third-order valence-corrected chi connectivity index (χ3v) is 2.74. The molecule has 0 aliphatic carbocycles. The van der Waals surface area contributed by atoms with Crippen molar-refractivity contribution in [3.8, 4) is 5.75 Å². The van der Waals surface area contributed by atoms with Gasteiger partial charge in [0.15, 0.2) is 0 Å². The molecule has 19 heavy (non-hydrogen) atoms. The van der Waals surface area contributed by atoms with E-state index in [9.17, 15) is 0 Å². The Bertz CT molecular complexity index is 497. The number of para-hydroxylation sites is 3. The predicted octanol–water partition coefficient (Wildman–Crippen LogP) is 3.37. The largest absolute Gasteiger partial charge is 0.490 e. The predicted molar refractivity (Wildman–Crippen MR) is 80.2 cm³/mol. The number of ether oxygens (including phenoxy) is 1. The Balaban J connectivity index is 2.04. The Morgan fingerprint density at radius 1 is 0.947 bits per heavy atom. The Morgan fingerprint density at radius 3 is 2.37 bits per heavy atom. The van der Waals surface area contributed by atoms with Crippen LogP contribution in [0.1, 0.15) is 0 Å². The fraction of sp³-hybridized carbons (Fsp3) is 0.250. The molecule has 0 amide bonds. The van der Waals surface area contributed by atoms with Crippen molar-refractivity contribution in [1.82, 2.24) is 4.90 Å². The van der Waals surface area contributed by atoms with Crippen molar-refractivity contribution in [3.63, 3.8) is 0 Å². The van der Waals surface area contributed by atoms with Crippen LogP contribution >= 0.6 is 0 Å². The van der Waals surface area contributed by atoms with Crippen molar-refractivity contribution >= 4 is 11.4 Å².